The third-order valence-electron chi connectivity index (χ3n) is 2.00. The lowest BCUT2D eigenvalue weighted by Crippen LogP contribution is -2.05. The van der Waals surface area contributed by atoms with E-state index < -0.39 is 6.43 Å². The fraction of sp³-hybridized carbons (Fsp3) is 0.444. The molecule has 72 valence electrons. The van der Waals surface area contributed by atoms with Crippen molar-refractivity contribution in [3.63, 3.8) is 0 Å². The molecule has 0 aromatic carbocycles. The van der Waals surface area contributed by atoms with Gasteiger partial charge in [0.05, 0.1) is 0 Å². The van der Waals surface area contributed by atoms with Gasteiger partial charge in [-0.15, -0.1) is 0 Å². The average molecular weight is 186 g/mol. The number of rotatable bonds is 2. The van der Waals surface area contributed by atoms with Crippen LogP contribution in [0.1, 0.15) is 28.9 Å². The Labute approximate surface area is 75.8 Å². The maximum atomic E-state index is 12.4. The average Bonchev–Trinajstić information content (AvgIpc) is 2.03. The van der Waals surface area contributed by atoms with E-state index in [1.165, 1.54) is 6.07 Å². The molecule has 0 saturated carbocycles. The Bertz CT molecular complexity index is 311. The molecule has 0 aliphatic heterocycles. The molecular formula is C9H12F2N2. The minimum absolute atomic E-state index is 0.0222. The fourth-order valence-corrected chi connectivity index (χ4v) is 1.21. The molecule has 0 saturated heterocycles. The Morgan fingerprint density at radius 2 is 2.00 bits per heavy atom. The summed E-state index contributed by atoms with van der Waals surface area (Å²) in [5.41, 5.74) is 7.15. The molecule has 0 amide bonds. The van der Waals surface area contributed by atoms with Gasteiger partial charge >= 0.3 is 0 Å². The lowest BCUT2D eigenvalue weighted by atomic mass is 10.1. The Morgan fingerprint density at radius 1 is 1.38 bits per heavy atom. The molecule has 0 radical (unpaired) electrons. The summed E-state index contributed by atoms with van der Waals surface area (Å²) in [5, 5.41) is 0. The smallest absolute Gasteiger partial charge is 0.265 e. The summed E-state index contributed by atoms with van der Waals surface area (Å²) in [6.07, 6.45) is -2.47. The molecular weight excluding hydrogens is 174 g/mol. The Kier molecular flexibility index (Phi) is 2.93. The maximum absolute atomic E-state index is 12.4. The molecule has 0 bridgehead atoms. The standard InChI is InChI=1S/C9H12F2N2/c1-5-7(4-12)3-8(9(10)11)6(2)13-5/h3,9H,4,12H2,1-2H3. The molecule has 0 unspecified atom stereocenters. The number of hydrogen-bond acceptors (Lipinski definition) is 2. The monoisotopic (exact) mass is 186 g/mol. The zero-order valence-electron chi connectivity index (χ0n) is 7.64. The van der Waals surface area contributed by atoms with E-state index in [1.807, 2.05) is 0 Å². The number of hydrogen-bond donors (Lipinski definition) is 1. The van der Waals surface area contributed by atoms with Crippen molar-refractivity contribution in [2.24, 2.45) is 5.73 Å². The summed E-state index contributed by atoms with van der Waals surface area (Å²) >= 11 is 0. The first-order valence-electron chi connectivity index (χ1n) is 4.01. The Balaban J connectivity index is 3.22. The highest BCUT2D eigenvalue weighted by atomic mass is 19.3. The normalized spacial score (nSPS) is 10.9. The second-order valence-electron chi connectivity index (χ2n) is 2.91. The lowest BCUT2D eigenvalue weighted by Gasteiger charge is -2.08. The van der Waals surface area contributed by atoms with Crippen molar-refractivity contribution in [3.05, 3.63) is 28.6 Å². The number of pyridine rings is 1. The molecule has 1 rings (SSSR count). The molecule has 13 heavy (non-hydrogen) atoms. The van der Waals surface area contributed by atoms with Crippen molar-refractivity contribution < 1.29 is 8.78 Å². The van der Waals surface area contributed by atoms with Gasteiger partial charge in [0, 0.05) is 23.5 Å². The third kappa shape index (κ3) is 2.01. The molecule has 0 aliphatic carbocycles. The lowest BCUT2D eigenvalue weighted by molar-refractivity contribution is 0.150. The summed E-state index contributed by atoms with van der Waals surface area (Å²) in [4.78, 5) is 4.01. The zero-order chi connectivity index (χ0) is 10.0. The van der Waals surface area contributed by atoms with Crippen molar-refractivity contribution in [1.29, 1.82) is 0 Å². The maximum Gasteiger partial charge on any atom is 0.265 e. The van der Waals surface area contributed by atoms with Gasteiger partial charge in [-0.05, 0) is 25.5 Å². The summed E-state index contributed by atoms with van der Waals surface area (Å²) in [6.45, 7) is 3.60. The van der Waals surface area contributed by atoms with Crippen LogP contribution < -0.4 is 5.73 Å². The van der Waals surface area contributed by atoms with E-state index in [4.69, 9.17) is 5.73 Å². The number of nitrogens with two attached hydrogens (primary N) is 1. The van der Waals surface area contributed by atoms with E-state index in [0.29, 0.717) is 11.3 Å². The van der Waals surface area contributed by atoms with Gasteiger partial charge in [-0.25, -0.2) is 8.78 Å². The highest BCUT2D eigenvalue weighted by Gasteiger charge is 2.13. The predicted octanol–water partition coefficient (Wildman–Crippen LogP) is 2.09. The number of aromatic nitrogens is 1. The van der Waals surface area contributed by atoms with Gasteiger partial charge in [0.15, 0.2) is 0 Å². The highest BCUT2D eigenvalue weighted by Crippen LogP contribution is 2.23. The molecule has 4 heteroatoms. The quantitative estimate of drug-likeness (QED) is 0.768. The van der Waals surface area contributed by atoms with Crippen LogP contribution in [0.2, 0.25) is 0 Å². The Hall–Kier alpha value is -1.03. The van der Waals surface area contributed by atoms with Crippen molar-refractivity contribution in [2.45, 2.75) is 26.8 Å². The molecule has 1 heterocycles. The van der Waals surface area contributed by atoms with Crippen LogP contribution in [0.25, 0.3) is 0 Å². The van der Waals surface area contributed by atoms with Crippen LogP contribution in [0.15, 0.2) is 6.07 Å². The number of nitrogens with zero attached hydrogens (tertiary/aromatic N) is 1. The molecule has 0 aliphatic rings. The highest BCUT2D eigenvalue weighted by molar-refractivity contribution is 5.30. The number of halogens is 2. The molecule has 0 fully saturated rings. The summed E-state index contributed by atoms with van der Waals surface area (Å²) in [6, 6.07) is 1.43. The summed E-state index contributed by atoms with van der Waals surface area (Å²) < 4.78 is 24.8. The minimum Gasteiger partial charge on any atom is -0.326 e. The first-order chi connectivity index (χ1) is 6.06. The molecule has 1 aromatic heterocycles. The second kappa shape index (κ2) is 3.79. The van der Waals surface area contributed by atoms with Crippen LogP contribution >= 0.6 is 0 Å². The van der Waals surface area contributed by atoms with Crippen LogP contribution in [0.5, 0.6) is 0 Å². The van der Waals surface area contributed by atoms with E-state index in [-0.39, 0.29) is 12.1 Å². The summed E-state index contributed by atoms with van der Waals surface area (Å²) in [7, 11) is 0. The summed E-state index contributed by atoms with van der Waals surface area (Å²) in [5.74, 6) is 0. The van der Waals surface area contributed by atoms with Gasteiger partial charge in [-0.3, -0.25) is 4.98 Å². The predicted molar refractivity (Wildman–Crippen MR) is 46.6 cm³/mol. The van der Waals surface area contributed by atoms with E-state index in [9.17, 15) is 8.78 Å². The van der Waals surface area contributed by atoms with Crippen molar-refractivity contribution in [3.8, 4) is 0 Å². The van der Waals surface area contributed by atoms with Gasteiger partial charge in [0.25, 0.3) is 6.43 Å². The molecule has 2 N–H and O–H groups in total. The first-order valence-corrected chi connectivity index (χ1v) is 4.01. The van der Waals surface area contributed by atoms with E-state index in [1.54, 1.807) is 13.8 Å². The van der Waals surface area contributed by atoms with Crippen LogP contribution in [-0.4, -0.2) is 4.98 Å². The molecule has 2 nitrogen and oxygen atoms in total. The first kappa shape index (κ1) is 10.1. The number of aryl methyl sites for hydroxylation is 2. The van der Waals surface area contributed by atoms with Crippen LogP contribution in [0, 0.1) is 13.8 Å². The van der Waals surface area contributed by atoms with Gasteiger partial charge in [0.1, 0.15) is 0 Å². The van der Waals surface area contributed by atoms with E-state index in [0.717, 1.165) is 5.69 Å². The minimum atomic E-state index is -2.47. The second-order valence-corrected chi connectivity index (χ2v) is 2.91. The largest absolute Gasteiger partial charge is 0.326 e. The third-order valence-corrected chi connectivity index (χ3v) is 2.00. The van der Waals surface area contributed by atoms with E-state index >= 15 is 0 Å². The SMILES string of the molecule is Cc1nc(C)c(C(F)F)cc1CN. The zero-order valence-corrected chi connectivity index (χ0v) is 7.64. The number of alkyl halides is 2. The fourth-order valence-electron chi connectivity index (χ4n) is 1.21. The van der Waals surface area contributed by atoms with Gasteiger partial charge < -0.3 is 5.73 Å². The molecule has 0 spiro atoms. The van der Waals surface area contributed by atoms with Gasteiger partial charge in [-0.2, -0.15) is 0 Å². The van der Waals surface area contributed by atoms with E-state index in [2.05, 4.69) is 4.98 Å². The van der Waals surface area contributed by atoms with Crippen LogP contribution in [0.3, 0.4) is 0 Å². The van der Waals surface area contributed by atoms with Gasteiger partial charge in [0.2, 0.25) is 0 Å². The van der Waals surface area contributed by atoms with Crippen molar-refractivity contribution in [2.75, 3.05) is 0 Å². The van der Waals surface area contributed by atoms with Gasteiger partial charge in [-0.1, -0.05) is 0 Å². The van der Waals surface area contributed by atoms with Crippen LogP contribution in [-0.2, 0) is 6.54 Å². The van der Waals surface area contributed by atoms with Crippen LogP contribution in [0.4, 0.5) is 8.78 Å². The van der Waals surface area contributed by atoms with Crippen molar-refractivity contribution >= 4 is 0 Å². The van der Waals surface area contributed by atoms with Crippen molar-refractivity contribution in [1.82, 2.24) is 4.98 Å². The molecule has 1 aromatic rings. The Morgan fingerprint density at radius 3 is 2.46 bits per heavy atom. The topological polar surface area (TPSA) is 38.9 Å². The molecule has 0 atom stereocenters.